The molecule has 0 radical (unpaired) electrons. The summed E-state index contributed by atoms with van der Waals surface area (Å²) in [5, 5.41) is 22.1. The van der Waals surface area contributed by atoms with E-state index in [1.807, 2.05) is 0 Å². The second-order valence-corrected chi connectivity index (χ2v) is 7.26. The summed E-state index contributed by atoms with van der Waals surface area (Å²) in [5.41, 5.74) is 0. The number of carbonyl (C=O) groups is 2. The number of carboxylic acids is 2. The molecule has 0 bridgehead atoms. The molecule has 8 heteroatoms. The normalized spacial score (nSPS) is 23.6. The van der Waals surface area contributed by atoms with Crippen molar-refractivity contribution in [3.8, 4) is 0 Å². The fraction of sp³-hybridized carbons (Fsp3) is 0.900. The number of hydrogen-bond acceptors (Lipinski definition) is 6. The second kappa shape index (κ2) is 17.5. The van der Waals surface area contributed by atoms with E-state index in [1.165, 1.54) is 51.4 Å². The number of hydrogen-bond donors (Lipinski definition) is 0. The molecule has 0 saturated carbocycles. The molecule has 0 aromatic rings. The van der Waals surface area contributed by atoms with Crippen molar-refractivity contribution in [2.24, 2.45) is 0 Å². The summed E-state index contributed by atoms with van der Waals surface area (Å²) >= 11 is 0. The van der Waals surface area contributed by atoms with Crippen LogP contribution in [0.4, 0.5) is 0 Å². The van der Waals surface area contributed by atoms with E-state index in [0.717, 1.165) is 19.3 Å². The molecule has 1 heterocycles. The molecule has 0 N–H and O–H groups in total. The van der Waals surface area contributed by atoms with Gasteiger partial charge in [-0.15, -0.1) is 0 Å². The summed E-state index contributed by atoms with van der Waals surface area (Å²) < 4.78 is 10.8. The molecule has 152 valence electrons. The molecule has 0 aliphatic carbocycles. The van der Waals surface area contributed by atoms with E-state index in [-0.39, 0.29) is 59.1 Å². The molecule has 2 unspecified atom stereocenters. The van der Waals surface area contributed by atoms with E-state index < -0.39 is 29.9 Å². The van der Waals surface area contributed by atoms with Crippen molar-refractivity contribution in [1.29, 1.82) is 0 Å². The minimum atomic E-state index is -1.60. The molecule has 28 heavy (non-hydrogen) atoms. The Morgan fingerprint density at radius 2 is 1.07 bits per heavy atom. The molecule has 1 saturated heterocycles. The molecular formula is C20H34Na2O6. The Morgan fingerprint density at radius 3 is 1.39 bits per heavy atom. The van der Waals surface area contributed by atoms with Crippen LogP contribution in [-0.2, 0) is 19.1 Å². The van der Waals surface area contributed by atoms with E-state index in [1.54, 1.807) is 6.92 Å². The maximum Gasteiger partial charge on any atom is 1.00 e. The number of unbranched alkanes of at least 4 members (excludes halogenated alkanes) is 10. The number of carbonyl (C=O) groups excluding carboxylic acids is 2. The van der Waals surface area contributed by atoms with Crippen LogP contribution in [0.2, 0.25) is 0 Å². The third-order valence-corrected chi connectivity index (χ3v) is 5.12. The first-order valence-electron chi connectivity index (χ1n) is 10.2. The van der Waals surface area contributed by atoms with Crippen molar-refractivity contribution in [2.45, 2.75) is 115 Å². The van der Waals surface area contributed by atoms with Gasteiger partial charge in [0.05, 0.1) is 11.9 Å². The van der Waals surface area contributed by atoms with E-state index >= 15 is 0 Å². The first-order valence-corrected chi connectivity index (χ1v) is 10.2. The summed E-state index contributed by atoms with van der Waals surface area (Å²) in [7, 11) is 0. The summed E-state index contributed by atoms with van der Waals surface area (Å²) in [4.78, 5) is 22.1. The Hall–Kier alpha value is 0.860. The zero-order valence-corrected chi connectivity index (χ0v) is 22.3. The molecule has 1 rings (SSSR count). The fourth-order valence-corrected chi connectivity index (χ4v) is 3.48. The molecule has 0 aromatic carbocycles. The van der Waals surface area contributed by atoms with E-state index in [2.05, 4.69) is 6.92 Å². The third-order valence-electron chi connectivity index (χ3n) is 5.12. The fourth-order valence-electron chi connectivity index (χ4n) is 3.48. The van der Waals surface area contributed by atoms with Crippen LogP contribution in [-0.4, -0.2) is 29.9 Å². The van der Waals surface area contributed by atoms with Crippen LogP contribution in [0, 0.1) is 0 Å². The van der Waals surface area contributed by atoms with Crippen LogP contribution < -0.4 is 69.3 Å². The molecule has 0 aromatic heterocycles. The van der Waals surface area contributed by atoms with Gasteiger partial charge in [0.15, 0.2) is 5.79 Å². The Bertz CT molecular complexity index is 411. The molecule has 1 aliphatic heterocycles. The van der Waals surface area contributed by atoms with Crippen LogP contribution >= 0.6 is 0 Å². The van der Waals surface area contributed by atoms with E-state index in [9.17, 15) is 19.8 Å². The Morgan fingerprint density at radius 1 is 0.714 bits per heavy atom. The monoisotopic (exact) mass is 416 g/mol. The average molecular weight is 416 g/mol. The van der Waals surface area contributed by atoms with Crippen molar-refractivity contribution in [3.05, 3.63) is 0 Å². The van der Waals surface area contributed by atoms with Gasteiger partial charge < -0.3 is 29.3 Å². The van der Waals surface area contributed by atoms with Crippen molar-refractivity contribution in [3.63, 3.8) is 0 Å². The zero-order chi connectivity index (χ0) is 19.4. The number of rotatable bonds is 15. The van der Waals surface area contributed by atoms with E-state index in [4.69, 9.17) is 9.47 Å². The van der Waals surface area contributed by atoms with Crippen molar-refractivity contribution in [1.82, 2.24) is 0 Å². The van der Waals surface area contributed by atoms with Gasteiger partial charge in [-0.2, -0.15) is 0 Å². The average Bonchev–Trinajstić information content (AvgIpc) is 3.01. The molecule has 6 nitrogen and oxygen atoms in total. The van der Waals surface area contributed by atoms with Crippen molar-refractivity contribution >= 4 is 11.9 Å². The van der Waals surface area contributed by atoms with Crippen LogP contribution in [0.25, 0.3) is 0 Å². The van der Waals surface area contributed by atoms with E-state index in [0.29, 0.717) is 12.8 Å². The van der Waals surface area contributed by atoms with Crippen LogP contribution in [0.5, 0.6) is 0 Å². The Labute approximate surface area is 214 Å². The van der Waals surface area contributed by atoms with Gasteiger partial charge in [-0.3, -0.25) is 0 Å². The topological polar surface area (TPSA) is 98.7 Å². The quantitative estimate of drug-likeness (QED) is 0.200. The number of ether oxygens (including phenoxy) is 2. The summed E-state index contributed by atoms with van der Waals surface area (Å²) in [5.74, 6) is -4.31. The number of aliphatic carboxylic acids is 2. The molecular weight excluding hydrogens is 382 g/mol. The van der Waals surface area contributed by atoms with Gasteiger partial charge in [0, 0.05) is 6.42 Å². The maximum atomic E-state index is 11.1. The van der Waals surface area contributed by atoms with Gasteiger partial charge in [-0.25, -0.2) is 0 Å². The predicted octanol–water partition coefficient (Wildman–Crippen LogP) is -3.91. The van der Waals surface area contributed by atoms with Gasteiger partial charge >= 0.3 is 59.1 Å². The molecule has 0 spiro atoms. The van der Waals surface area contributed by atoms with Crippen LogP contribution in [0.3, 0.4) is 0 Å². The van der Waals surface area contributed by atoms with Gasteiger partial charge in [-0.1, -0.05) is 78.1 Å². The molecule has 2 atom stereocenters. The first kappa shape index (κ1) is 31.0. The van der Waals surface area contributed by atoms with Crippen molar-refractivity contribution in [2.75, 3.05) is 0 Å². The largest absolute Gasteiger partial charge is 1.00 e. The summed E-state index contributed by atoms with van der Waals surface area (Å²) in [6.07, 6.45) is 10.9. The van der Waals surface area contributed by atoms with Crippen LogP contribution in [0.1, 0.15) is 97.3 Å². The Kier molecular flexibility index (Phi) is 19.4. The smallest absolute Gasteiger partial charge is 0.547 e. The van der Waals surface area contributed by atoms with Gasteiger partial charge in [0.25, 0.3) is 0 Å². The minimum absolute atomic E-state index is 0. The number of carboxylic acid groups (broad SMARTS) is 2. The SMILES string of the molecule is CCCCCCCCCCCCCC1(CC)OC(C(=O)[O-])C(C(=O)[O-])O1.[Na+].[Na+]. The van der Waals surface area contributed by atoms with Gasteiger partial charge in [0.1, 0.15) is 12.2 Å². The predicted molar refractivity (Wildman–Crippen MR) is 93.9 cm³/mol. The summed E-state index contributed by atoms with van der Waals surface area (Å²) in [6.45, 7) is 4.02. The molecule has 1 aliphatic rings. The first-order chi connectivity index (χ1) is 12.5. The maximum absolute atomic E-state index is 11.1. The van der Waals surface area contributed by atoms with Crippen LogP contribution in [0.15, 0.2) is 0 Å². The zero-order valence-electron chi connectivity index (χ0n) is 18.3. The Balaban J connectivity index is 0. The second-order valence-electron chi connectivity index (χ2n) is 7.26. The minimum Gasteiger partial charge on any atom is -0.547 e. The van der Waals surface area contributed by atoms with Crippen molar-refractivity contribution < 1.29 is 88.4 Å². The summed E-state index contributed by atoms with van der Waals surface area (Å²) in [6, 6.07) is 0. The molecule has 1 fully saturated rings. The standard InChI is InChI=1S/C20H36O6.2Na/c1-3-5-6-7-8-9-10-11-12-13-14-15-20(4-2)25-16(18(21)22)17(26-20)19(23)24;;/h16-17H,3-15H2,1-2H3,(H,21,22)(H,23,24);;/q;2*+1/p-2. The van der Waals surface area contributed by atoms with Gasteiger partial charge in [-0.05, 0) is 12.8 Å². The van der Waals surface area contributed by atoms with Gasteiger partial charge in [0.2, 0.25) is 0 Å². The third kappa shape index (κ3) is 11.3. The molecule has 0 amide bonds.